The maximum absolute atomic E-state index is 13.8. The fourth-order valence-electron chi connectivity index (χ4n) is 3.52. The number of piperidine rings is 1. The zero-order chi connectivity index (χ0) is 16.2. The fourth-order valence-corrected chi connectivity index (χ4v) is 3.52. The molecule has 0 radical (unpaired) electrons. The van der Waals surface area contributed by atoms with Crippen molar-refractivity contribution in [3.8, 4) is 0 Å². The van der Waals surface area contributed by atoms with Crippen molar-refractivity contribution in [2.24, 2.45) is 5.92 Å². The van der Waals surface area contributed by atoms with E-state index in [4.69, 9.17) is 4.74 Å². The molecule has 0 unspecified atom stereocenters. The van der Waals surface area contributed by atoms with Gasteiger partial charge in [-0.3, -0.25) is 9.80 Å². The second-order valence-electron chi connectivity index (χ2n) is 6.51. The lowest BCUT2D eigenvalue weighted by molar-refractivity contribution is 0.0223. The van der Waals surface area contributed by atoms with E-state index in [9.17, 15) is 13.2 Å². The second-order valence-corrected chi connectivity index (χ2v) is 6.51. The summed E-state index contributed by atoms with van der Waals surface area (Å²) in [6, 6.07) is 1.62. The van der Waals surface area contributed by atoms with Crippen LogP contribution in [0.1, 0.15) is 18.4 Å². The molecule has 6 heteroatoms. The number of morpholine rings is 1. The van der Waals surface area contributed by atoms with Crippen LogP contribution < -0.4 is 0 Å². The van der Waals surface area contributed by atoms with Crippen LogP contribution in [0.5, 0.6) is 0 Å². The summed E-state index contributed by atoms with van der Waals surface area (Å²) < 4.78 is 45.5. The van der Waals surface area contributed by atoms with Gasteiger partial charge in [0.1, 0.15) is 5.82 Å². The molecule has 1 aromatic carbocycles. The number of ether oxygens (including phenoxy) is 1. The minimum atomic E-state index is -1.13. The average Bonchev–Trinajstić information content (AvgIpc) is 2.54. The Morgan fingerprint density at radius 1 is 0.957 bits per heavy atom. The zero-order valence-electron chi connectivity index (χ0n) is 13.2. The summed E-state index contributed by atoms with van der Waals surface area (Å²) >= 11 is 0. The monoisotopic (exact) mass is 328 g/mol. The van der Waals surface area contributed by atoms with E-state index in [1.54, 1.807) is 0 Å². The van der Waals surface area contributed by atoms with Gasteiger partial charge in [-0.15, -0.1) is 0 Å². The third-order valence-corrected chi connectivity index (χ3v) is 4.71. The van der Waals surface area contributed by atoms with Crippen molar-refractivity contribution in [2.75, 3.05) is 45.9 Å². The molecule has 128 valence electrons. The van der Waals surface area contributed by atoms with Crippen LogP contribution in [0.4, 0.5) is 13.2 Å². The Bertz CT molecular complexity index is 535. The van der Waals surface area contributed by atoms with Crippen LogP contribution >= 0.6 is 0 Å². The Morgan fingerprint density at radius 2 is 1.70 bits per heavy atom. The van der Waals surface area contributed by atoms with Gasteiger partial charge in [0.05, 0.1) is 13.2 Å². The predicted octanol–water partition coefficient (Wildman–Crippen LogP) is 2.65. The third kappa shape index (κ3) is 4.46. The van der Waals surface area contributed by atoms with Gasteiger partial charge >= 0.3 is 0 Å². The van der Waals surface area contributed by atoms with Crippen LogP contribution in [-0.4, -0.2) is 55.7 Å². The van der Waals surface area contributed by atoms with Gasteiger partial charge < -0.3 is 4.74 Å². The van der Waals surface area contributed by atoms with E-state index in [1.807, 2.05) is 0 Å². The van der Waals surface area contributed by atoms with E-state index in [0.717, 1.165) is 64.8 Å². The van der Waals surface area contributed by atoms with Crippen molar-refractivity contribution in [3.05, 3.63) is 35.1 Å². The minimum absolute atomic E-state index is 0.232. The summed E-state index contributed by atoms with van der Waals surface area (Å²) in [4.78, 5) is 4.56. The van der Waals surface area contributed by atoms with Gasteiger partial charge in [0.2, 0.25) is 0 Å². The SMILES string of the molecule is Fc1cc(F)c(CN2CCC[C@@H](CN3CCOCC3)C2)cc1F. The average molecular weight is 328 g/mol. The molecule has 0 aromatic heterocycles. The molecule has 1 aromatic rings. The summed E-state index contributed by atoms with van der Waals surface area (Å²) in [5, 5.41) is 0. The minimum Gasteiger partial charge on any atom is -0.379 e. The lowest BCUT2D eigenvalue weighted by Gasteiger charge is -2.36. The van der Waals surface area contributed by atoms with Crippen molar-refractivity contribution >= 4 is 0 Å². The van der Waals surface area contributed by atoms with Gasteiger partial charge in [-0.25, -0.2) is 13.2 Å². The van der Waals surface area contributed by atoms with Crippen LogP contribution in [-0.2, 0) is 11.3 Å². The molecular weight excluding hydrogens is 305 g/mol. The summed E-state index contributed by atoms with van der Waals surface area (Å²) in [5.41, 5.74) is 0.232. The maximum atomic E-state index is 13.8. The van der Waals surface area contributed by atoms with E-state index >= 15 is 0 Å². The summed E-state index contributed by atoms with van der Waals surface area (Å²) in [6.07, 6.45) is 2.22. The first-order valence-corrected chi connectivity index (χ1v) is 8.27. The number of hydrogen-bond donors (Lipinski definition) is 0. The topological polar surface area (TPSA) is 15.7 Å². The molecule has 3 nitrogen and oxygen atoms in total. The van der Waals surface area contributed by atoms with E-state index in [1.165, 1.54) is 0 Å². The van der Waals surface area contributed by atoms with Crippen LogP contribution in [0.15, 0.2) is 12.1 Å². The first-order valence-electron chi connectivity index (χ1n) is 8.27. The normalized spacial score (nSPS) is 24.0. The molecule has 0 aliphatic carbocycles. The molecule has 2 aliphatic heterocycles. The Morgan fingerprint density at radius 3 is 2.48 bits per heavy atom. The summed E-state index contributed by atoms with van der Waals surface area (Å²) in [7, 11) is 0. The maximum Gasteiger partial charge on any atom is 0.161 e. The number of hydrogen-bond acceptors (Lipinski definition) is 3. The number of rotatable bonds is 4. The third-order valence-electron chi connectivity index (χ3n) is 4.71. The lowest BCUT2D eigenvalue weighted by atomic mass is 9.96. The number of likely N-dealkylation sites (tertiary alicyclic amines) is 1. The van der Waals surface area contributed by atoms with Gasteiger partial charge in [0, 0.05) is 44.4 Å². The number of nitrogens with zero attached hydrogens (tertiary/aromatic N) is 2. The van der Waals surface area contributed by atoms with Crippen LogP contribution in [0.2, 0.25) is 0 Å². The zero-order valence-corrected chi connectivity index (χ0v) is 13.2. The Hall–Kier alpha value is -1.11. The molecule has 0 spiro atoms. The standard InChI is InChI=1S/C17H23F3N2O/c18-15-9-17(20)16(19)8-14(15)12-22-3-1-2-13(11-22)10-21-4-6-23-7-5-21/h8-9,13H,1-7,10-12H2/t13-/m0/s1. The van der Waals surface area contributed by atoms with Crippen LogP contribution in [0.3, 0.4) is 0 Å². The number of benzene rings is 1. The quantitative estimate of drug-likeness (QED) is 0.791. The fraction of sp³-hybridized carbons (Fsp3) is 0.647. The molecule has 0 N–H and O–H groups in total. The second kappa shape index (κ2) is 7.64. The van der Waals surface area contributed by atoms with Gasteiger partial charge in [0.25, 0.3) is 0 Å². The highest BCUT2D eigenvalue weighted by Crippen LogP contribution is 2.22. The van der Waals surface area contributed by atoms with E-state index in [-0.39, 0.29) is 5.56 Å². The smallest absolute Gasteiger partial charge is 0.161 e. The van der Waals surface area contributed by atoms with Gasteiger partial charge in [-0.05, 0) is 31.4 Å². The first kappa shape index (κ1) is 16.7. The number of halogens is 3. The van der Waals surface area contributed by atoms with Crippen LogP contribution in [0, 0.1) is 23.4 Å². The highest BCUT2D eigenvalue weighted by Gasteiger charge is 2.24. The van der Waals surface area contributed by atoms with E-state index in [2.05, 4.69) is 9.80 Å². The molecule has 2 heterocycles. The Balaban J connectivity index is 1.57. The lowest BCUT2D eigenvalue weighted by Crippen LogP contribution is -2.44. The van der Waals surface area contributed by atoms with Gasteiger partial charge in [-0.2, -0.15) is 0 Å². The van der Waals surface area contributed by atoms with E-state index in [0.29, 0.717) is 18.5 Å². The van der Waals surface area contributed by atoms with Crippen LogP contribution in [0.25, 0.3) is 0 Å². The van der Waals surface area contributed by atoms with E-state index < -0.39 is 17.5 Å². The molecular formula is C17H23F3N2O. The summed E-state index contributed by atoms with van der Waals surface area (Å²) in [5.74, 6) is -2.24. The summed E-state index contributed by atoms with van der Waals surface area (Å²) in [6.45, 7) is 6.62. The van der Waals surface area contributed by atoms with Crippen molar-refractivity contribution in [1.82, 2.24) is 9.80 Å². The molecule has 0 amide bonds. The molecule has 2 saturated heterocycles. The van der Waals surface area contributed by atoms with Gasteiger partial charge in [-0.1, -0.05) is 0 Å². The molecule has 23 heavy (non-hydrogen) atoms. The van der Waals surface area contributed by atoms with Crippen molar-refractivity contribution < 1.29 is 17.9 Å². The van der Waals surface area contributed by atoms with Gasteiger partial charge in [0.15, 0.2) is 11.6 Å². The van der Waals surface area contributed by atoms with Crippen molar-refractivity contribution in [2.45, 2.75) is 19.4 Å². The highest BCUT2D eigenvalue weighted by molar-refractivity contribution is 5.20. The van der Waals surface area contributed by atoms with Crippen molar-refractivity contribution in [1.29, 1.82) is 0 Å². The Kier molecular flexibility index (Phi) is 5.56. The highest BCUT2D eigenvalue weighted by atomic mass is 19.2. The van der Waals surface area contributed by atoms with Crippen molar-refractivity contribution in [3.63, 3.8) is 0 Å². The molecule has 2 fully saturated rings. The predicted molar refractivity (Wildman–Crippen MR) is 81.6 cm³/mol. The molecule has 2 aliphatic rings. The Labute approximate surface area is 135 Å². The molecule has 1 atom stereocenters. The first-order chi connectivity index (χ1) is 11.1. The largest absolute Gasteiger partial charge is 0.379 e. The molecule has 0 bridgehead atoms. The molecule has 3 rings (SSSR count). The molecule has 0 saturated carbocycles.